The van der Waals surface area contributed by atoms with Crippen molar-refractivity contribution in [2.75, 3.05) is 20.3 Å². The molecule has 1 fully saturated rings. The van der Waals surface area contributed by atoms with E-state index in [0.29, 0.717) is 13.2 Å². The van der Waals surface area contributed by atoms with Crippen LogP contribution in [0, 0.1) is 6.57 Å². The molecule has 1 aliphatic rings. The molecule has 1 saturated heterocycles. The third-order valence-corrected chi connectivity index (χ3v) is 4.86. The van der Waals surface area contributed by atoms with Crippen molar-refractivity contribution < 1.29 is 9.47 Å². The van der Waals surface area contributed by atoms with Crippen LogP contribution in [0.1, 0.15) is 17.8 Å². The van der Waals surface area contributed by atoms with Crippen molar-refractivity contribution in [3.63, 3.8) is 0 Å². The van der Waals surface area contributed by atoms with E-state index in [0.717, 1.165) is 34.9 Å². The van der Waals surface area contributed by atoms with E-state index in [9.17, 15) is 0 Å². The van der Waals surface area contributed by atoms with E-state index in [1.807, 2.05) is 29.6 Å². The first kappa shape index (κ1) is 14.1. The molecular formula is C16H16N2O2S. The highest BCUT2D eigenvalue weighted by Crippen LogP contribution is 2.39. The molecule has 0 atom stereocenters. The highest BCUT2D eigenvalue weighted by atomic mass is 32.1. The molecule has 0 unspecified atom stereocenters. The third-order valence-electron chi connectivity index (χ3n) is 3.82. The Morgan fingerprint density at radius 1 is 1.29 bits per heavy atom. The van der Waals surface area contributed by atoms with Crippen LogP contribution in [-0.4, -0.2) is 25.3 Å². The predicted molar refractivity (Wildman–Crippen MR) is 82.4 cm³/mol. The Hall–Kier alpha value is -1.90. The smallest absolute Gasteiger partial charge is 0.287 e. The molecule has 3 rings (SSSR count). The summed E-state index contributed by atoms with van der Waals surface area (Å²) >= 11 is 1.57. The van der Waals surface area contributed by atoms with Gasteiger partial charge in [-0.25, -0.2) is 11.6 Å². The summed E-state index contributed by atoms with van der Waals surface area (Å²) in [6, 6.07) is 7.83. The first-order chi connectivity index (χ1) is 10.3. The van der Waals surface area contributed by atoms with Crippen LogP contribution in [-0.2, 0) is 10.3 Å². The Morgan fingerprint density at radius 2 is 2.00 bits per heavy atom. The normalized spacial score (nSPS) is 17.1. The highest BCUT2D eigenvalue weighted by molar-refractivity contribution is 7.10. The minimum absolute atomic E-state index is 0.492. The van der Waals surface area contributed by atoms with Crippen LogP contribution in [0.25, 0.3) is 16.1 Å². The topological polar surface area (TPSA) is 35.7 Å². The fraction of sp³-hybridized carbons (Fsp3) is 0.375. The van der Waals surface area contributed by atoms with Crippen molar-refractivity contribution in [1.29, 1.82) is 0 Å². The van der Waals surface area contributed by atoms with Crippen molar-refractivity contribution >= 4 is 11.3 Å². The van der Waals surface area contributed by atoms with Crippen molar-refractivity contribution in [2.45, 2.75) is 18.4 Å². The van der Waals surface area contributed by atoms with E-state index in [1.165, 1.54) is 0 Å². The van der Waals surface area contributed by atoms with Gasteiger partial charge in [-0.3, -0.25) is 0 Å². The summed E-state index contributed by atoms with van der Waals surface area (Å²) in [6.45, 7) is 8.85. The Balaban J connectivity index is 1.90. The maximum atomic E-state index is 7.57. The second-order valence-electron chi connectivity index (χ2n) is 5.02. The van der Waals surface area contributed by atoms with Gasteiger partial charge in [-0.2, -0.15) is 0 Å². The molecule has 0 radical (unpaired) electrons. The number of nitrogens with zero attached hydrogens (tertiary/aromatic N) is 2. The van der Waals surface area contributed by atoms with Crippen molar-refractivity contribution in [1.82, 2.24) is 4.98 Å². The summed E-state index contributed by atoms with van der Waals surface area (Å²) in [5.41, 5.74) is 1.48. The van der Waals surface area contributed by atoms with Gasteiger partial charge in [0.25, 0.3) is 5.54 Å². The number of rotatable bonds is 3. The van der Waals surface area contributed by atoms with Crippen molar-refractivity contribution in [3.8, 4) is 17.0 Å². The minimum Gasteiger partial charge on any atom is -0.497 e. The van der Waals surface area contributed by atoms with Crippen LogP contribution in [0.15, 0.2) is 29.6 Å². The van der Waals surface area contributed by atoms with Crippen LogP contribution >= 0.6 is 11.3 Å². The monoisotopic (exact) mass is 300 g/mol. The average Bonchev–Trinajstić information content (AvgIpc) is 3.06. The van der Waals surface area contributed by atoms with Crippen LogP contribution in [0.4, 0.5) is 0 Å². The van der Waals surface area contributed by atoms with E-state index >= 15 is 0 Å². The Kier molecular flexibility index (Phi) is 3.91. The van der Waals surface area contributed by atoms with Gasteiger partial charge in [0.1, 0.15) is 5.75 Å². The van der Waals surface area contributed by atoms with Crippen LogP contribution in [0.5, 0.6) is 5.75 Å². The van der Waals surface area contributed by atoms with Gasteiger partial charge in [0, 0.05) is 10.9 Å². The fourth-order valence-electron chi connectivity index (χ4n) is 2.46. The molecule has 2 heterocycles. The van der Waals surface area contributed by atoms with Crippen LogP contribution in [0.3, 0.4) is 0 Å². The van der Waals surface area contributed by atoms with Gasteiger partial charge >= 0.3 is 0 Å². The van der Waals surface area contributed by atoms with Gasteiger partial charge in [0.2, 0.25) is 0 Å². The molecule has 0 aliphatic carbocycles. The van der Waals surface area contributed by atoms with Gasteiger partial charge in [-0.05, 0) is 24.3 Å². The number of hydrogen-bond donors (Lipinski definition) is 0. The predicted octanol–water partition coefficient (Wildman–Crippen LogP) is 3.74. The first-order valence-electron chi connectivity index (χ1n) is 6.84. The summed E-state index contributed by atoms with van der Waals surface area (Å²) in [5.74, 6) is 0.830. The molecule has 2 aromatic rings. The Labute approximate surface area is 128 Å². The maximum absolute atomic E-state index is 7.57. The molecular weight excluding hydrogens is 284 g/mol. The molecule has 5 heteroatoms. The first-order valence-corrected chi connectivity index (χ1v) is 7.72. The molecule has 1 aromatic carbocycles. The summed E-state index contributed by atoms with van der Waals surface area (Å²) < 4.78 is 10.6. The number of aromatic nitrogens is 1. The van der Waals surface area contributed by atoms with Gasteiger partial charge in [-0.1, -0.05) is 0 Å². The summed E-state index contributed by atoms with van der Waals surface area (Å²) in [6.07, 6.45) is 1.46. The zero-order valence-electron chi connectivity index (χ0n) is 11.8. The molecule has 0 N–H and O–H groups in total. The standard InChI is InChI=1S/C16H16N2O2S/c1-17-16(7-9-20-10-8-16)15-18-14(11-21-15)12-3-5-13(19-2)6-4-12/h3-6,11H,7-10H2,2H3. The molecule has 1 aliphatic heterocycles. The number of ether oxygens (including phenoxy) is 2. The van der Waals surface area contributed by atoms with Crippen LogP contribution < -0.4 is 4.74 Å². The fourth-order valence-corrected chi connectivity index (χ4v) is 3.50. The molecule has 0 spiro atoms. The van der Waals surface area contributed by atoms with Gasteiger partial charge in [0.15, 0.2) is 5.01 Å². The second-order valence-corrected chi connectivity index (χ2v) is 5.88. The van der Waals surface area contributed by atoms with Crippen molar-refractivity contribution in [2.24, 2.45) is 0 Å². The quantitative estimate of drug-likeness (QED) is 0.810. The zero-order chi connectivity index (χ0) is 14.7. The van der Waals surface area contributed by atoms with E-state index in [1.54, 1.807) is 18.4 Å². The minimum atomic E-state index is -0.492. The number of benzene rings is 1. The molecule has 0 saturated carbocycles. The maximum Gasteiger partial charge on any atom is 0.287 e. The Bertz CT molecular complexity index is 652. The van der Waals surface area contributed by atoms with E-state index < -0.39 is 5.54 Å². The molecule has 0 amide bonds. The van der Waals surface area contributed by atoms with E-state index in [2.05, 4.69) is 4.85 Å². The molecule has 108 valence electrons. The lowest BCUT2D eigenvalue weighted by molar-refractivity contribution is 0.0646. The van der Waals surface area contributed by atoms with E-state index in [-0.39, 0.29) is 0 Å². The van der Waals surface area contributed by atoms with Gasteiger partial charge < -0.3 is 14.3 Å². The third kappa shape index (κ3) is 2.65. The van der Waals surface area contributed by atoms with Crippen LogP contribution in [0.2, 0.25) is 0 Å². The summed E-state index contributed by atoms with van der Waals surface area (Å²) in [5, 5.41) is 2.94. The van der Waals surface area contributed by atoms with Gasteiger partial charge in [0.05, 0.1) is 38.9 Å². The average molecular weight is 300 g/mol. The lowest BCUT2D eigenvalue weighted by Crippen LogP contribution is -2.30. The Morgan fingerprint density at radius 3 is 2.62 bits per heavy atom. The zero-order valence-corrected chi connectivity index (χ0v) is 12.7. The molecule has 0 bridgehead atoms. The second kappa shape index (κ2) is 5.84. The van der Waals surface area contributed by atoms with Crippen molar-refractivity contribution in [3.05, 3.63) is 46.1 Å². The largest absolute Gasteiger partial charge is 0.497 e. The number of thiazole rings is 1. The summed E-state index contributed by atoms with van der Waals surface area (Å²) in [4.78, 5) is 8.59. The lowest BCUT2D eigenvalue weighted by atomic mass is 9.92. The number of methoxy groups -OCH3 is 1. The lowest BCUT2D eigenvalue weighted by Gasteiger charge is -2.24. The SMILES string of the molecule is [C-]#[N+]C1(c2nc(-c3ccc(OC)cc3)cs2)CCOCC1. The van der Waals surface area contributed by atoms with Gasteiger partial charge in [-0.15, -0.1) is 11.3 Å². The van der Waals surface area contributed by atoms with E-state index in [4.69, 9.17) is 21.0 Å². The highest BCUT2D eigenvalue weighted by Gasteiger charge is 2.43. The summed E-state index contributed by atoms with van der Waals surface area (Å²) in [7, 11) is 1.65. The molecule has 1 aromatic heterocycles. The molecule has 21 heavy (non-hydrogen) atoms. The molecule has 4 nitrogen and oxygen atoms in total. The number of hydrogen-bond acceptors (Lipinski definition) is 4.